The fourth-order valence-electron chi connectivity index (χ4n) is 3.85. The normalized spacial score (nSPS) is 23.4. The number of amides is 2. The molecule has 23 heavy (non-hydrogen) atoms. The van der Waals surface area contributed by atoms with Crippen LogP contribution in [0.5, 0.6) is 0 Å². The lowest BCUT2D eigenvalue weighted by molar-refractivity contribution is 0.178. The van der Waals surface area contributed by atoms with E-state index in [1.165, 1.54) is 31.6 Å². The van der Waals surface area contributed by atoms with Crippen molar-refractivity contribution in [2.45, 2.75) is 38.6 Å². The van der Waals surface area contributed by atoms with E-state index < -0.39 is 0 Å². The second-order valence-electron chi connectivity index (χ2n) is 7.15. The molecule has 0 aromatic carbocycles. The van der Waals surface area contributed by atoms with Gasteiger partial charge in [0.05, 0.1) is 6.04 Å². The summed E-state index contributed by atoms with van der Waals surface area (Å²) in [6.45, 7) is 7.27. The Morgan fingerprint density at radius 1 is 1.26 bits per heavy atom. The average molecular weight is 318 g/mol. The van der Waals surface area contributed by atoms with Gasteiger partial charge in [-0.3, -0.25) is 0 Å². The van der Waals surface area contributed by atoms with E-state index >= 15 is 0 Å². The Bertz CT molecular complexity index is 519. The molecule has 1 N–H and O–H groups in total. The molecular formula is C18H30N4O. The minimum atomic E-state index is 0.0964. The minimum Gasteiger partial charge on any atom is -0.353 e. The summed E-state index contributed by atoms with van der Waals surface area (Å²) in [6.07, 6.45) is 6.79. The molecule has 3 rings (SSSR count). The third kappa shape index (κ3) is 3.89. The van der Waals surface area contributed by atoms with Crippen LogP contribution >= 0.6 is 0 Å². The molecular weight excluding hydrogens is 288 g/mol. The SMILES string of the molecule is CC1CCN(CCNC(=O)N2CCCC2c2cccn2C)CC1. The number of piperidine rings is 1. The zero-order chi connectivity index (χ0) is 16.2. The maximum absolute atomic E-state index is 12.5. The highest BCUT2D eigenvalue weighted by Gasteiger charge is 2.31. The van der Waals surface area contributed by atoms with Crippen molar-refractivity contribution in [1.82, 2.24) is 19.7 Å². The van der Waals surface area contributed by atoms with Crippen LogP contribution in [0.15, 0.2) is 18.3 Å². The Labute approximate surface area is 139 Å². The average Bonchev–Trinajstić information content (AvgIpc) is 3.17. The summed E-state index contributed by atoms with van der Waals surface area (Å²) in [7, 11) is 2.06. The number of aryl methyl sites for hydroxylation is 1. The molecule has 2 saturated heterocycles. The van der Waals surface area contributed by atoms with E-state index in [9.17, 15) is 4.79 Å². The smallest absolute Gasteiger partial charge is 0.318 e. The predicted molar refractivity (Wildman–Crippen MR) is 92.3 cm³/mol. The molecule has 0 saturated carbocycles. The molecule has 2 aliphatic rings. The Kier molecular flexibility index (Phi) is 5.26. The number of carbonyl (C=O) groups is 1. The first-order valence-electron chi connectivity index (χ1n) is 9.03. The number of rotatable bonds is 4. The highest BCUT2D eigenvalue weighted by molar-refractivity contribution is 5.75. The van der Waals surface area contributed by atoms with Crippen molar-refractivity contribution in [2.24, 2.45) is 13.0 Å². The highest BCUT2D eigenvalue weighted by atomic mass is 16.2. The van der Waals surface area contributed by atoms with E-state index in [-0.39, 0.29) is 12.1 Å². The van der Waals surface area contributed by atoms with E-state index in [4.69, 9.17) is 0 Å². The maximum atomic E-state index is 12.5. The van der Waals surface area contributed by atoms with Gasteiger partial charge in [-0.05, 0) is 56.8 Å². The molecule has 0 spiro atoms. The molecule has 128 valence electrons. The highest BCUT2D eigenvalue weighted by Crippen LogP contribution is 2.31. The van der Waals surface area contributed by atoms with E-state index in [1.54, 1.807) is 0 Å². The Balaban J connectivity index is 1.47. The molecule has 3 heterocycles. The molecule has 2 amide bonds. The monoisotopic (exact) mass is 318 g/mol. The van der Waals surface area contributed by atoms with Gasteiger partial charge in [0.1, 0.15) is 0 Å². The van der Waals surface area contributed by atoms with Crippen LogP contribution in [0, 0.1) is 5.92 Å². The van der Waals surface area contributed by atoms with Crippen LogP contribution in [-0.2, 0) is 7.05 Å². The summed E-state index contributed by atoms with van der Waals surface area (Å²) in [6, 6.07) is 4.51. The zero-order valence-electron chi connectivity index (χ0n) is 14.5. The molecule has 0 aliphatic carbocycles. The van der Waals surface area contributed by atoms with Crippen LogP contribution in [0.4, 0.5) is 4.79 Å². The number of nitrogens with one attached hydrogen (secondary N) is 1. The summed E-state index contributed by atoms with van der Waals surface area (Å²) in [5, 5.41) is 3.13. The van der Waals surface area contributed by atoms with Gasteiger partial charge in [-0.25, -0.2) is 4.79 Å². The lowest BCUT2D eigenvalue weighted by atomic mass is 9.99. The molecule has 5 heteroatoms. The van der Waals surface area contributed by atoms with Gasteiger partial charge < -0.3 is 19.7 Å². The lowest BCUT2D eigenvalue weighted by Crippen LogP contribution is -2.44. The van der Waals surface area contributed by atoms with Crippen LogP contribution in [0.25, 0.3) is 0 Å². The summed E-state index contributed by atoms with van der Waals surface area (Å²) in [5.74, 6) is 0.858. The summed E-state index contributed by atoms with van der Waals surface area (Å²) >= 11 is 0. The number of aromatic nitrogens is 1. The first-order valence-corrected chi connectivity index (χ1v) is 9.03. The molecule has 0 radical (unpaired) electrons. The third-order valence-corrected chi connectivity index (χ3v) is 5.42. The van der Waals surface area contributed by atoms with E-state index in [0.717, 1.165) is 38.4 Å². The molecule has 5 nitrogen and oxygen atoms in total. The number of carbonyl (C=O) groups excluding carboxylic acids is 1. The number of hydrogen-bond donors (Lipinski definition) is 1. The molecule has 2 fully saturated rings. The van der Waals surface area contributed by atoms with Crippen molar-refractivity contribution >= 4 is 6.03 Å². The fourth-order valence-corrected chi connectivity index (χ4v) is 3.85. The molecule has 1 unspecified atom stereocenters. The van der Waals surface area contributed by atoms with Crippen molar-refractivity contribution in [3.05, 3.63) is 24.0 Å². The van der Waals surface area contributed by atoms with Crippen LogP contribution in [0.3, 0.4) is 0 Å². The van der Waals surface area contributed by atoms with Crippen molar-refractivity contribution in [3.8, 4) is 0 Å². The molecule has 2 aliphatic heterocycles. The number of hydrogen-bond acceptors (Lipinski definition) is 2. The second kappa shape index (κ2) is 7.39. The minimum absolute atomic E-state index is 0.0964. The van der Waals surface area contributed by atoms with Crippen LogP contribution in [0.2, 0.25) is 0 Å². The van der Waals surface area contributed by atoms with Crippen molar-refractivity contribution in [1.29, 1.82) is 0 Å². The predicted octanol–water partition coefficient (Wildman–Crippen LogP) is 2.60. The van der Waals surface area contributed by atoms with E-state index in [0.29, 0.717) is 0 Å². The topological polar surface area (TPSA) is 40.5 Å². The Hall–Kier alpha value is -1.49. The van der Waals surface area contributed by atoms with Crippen molar-refractivity contribution < 1.29 is 4.79 Å². The first kappa shape index (κ1) is 16.4. The number of likely N-dealkylation sites (tertiary alicyclic amines) is 2. The van der Waals surface area contributed by atoms with Gasteiger partial charge in [0.15, 0.2) is 0 Å². The lowest BCUT2D eigenvalue weighted by Gasteiger charge is -2.31. The summed E-state index contributed by atoms with van der Waals surface area (Å²) in [4.78, 5) is 17.0. The van der Waals surface area contributed by atoms with Gasteiger partial charge in [-0.2, -0.15) is 0 Å². The van der Waals surface area contributed by atoms with E-state index in [2.05, 4.69) is 47.1 Å². The van der Waals surface area contributed by atoms with Crippen LogP contribution in [-0.4, -0.2) is 53.1 Å². The van der Waals surface area contributed by atoms with Gasteiger partial charge in [0.25, 0.3) is 0 Å². The van der Waals surface area contributed by atoms with E-state index in [1.807, 2.05) is 4.90 Å². The maximum Gasteiger partial charge on any atom is 0.318 e. The van der Waals surface area contributed by atoms with Crippen LogP contribution in [0.1, 0.15) is 44.3 Å². The Morgan fingerprint density at radius 3 is 2.74 bits per heavy atom. The zero-order valence-corrected chi connectivity index (χ0v) is 14.5. The molecule has 1 aromatic rings. The number of urea groups is 1. The molecule has 0 bridgehead atoms. The number of nitrogens with zero attached hydrogens (tertiary/aromatic N) is 3. The van der Waals surface area contributed by atoms with Gasteiger partial charge in [-0.1, -0.05) is 6.92 Å². The largest absolute Gasteiger partial charge is 0.353 e. The Morgan fingerprint density at radius 2 is 2.04 bits per heavy atom. The van der Waals surface area contributed by atoms with Gasteiger partial charge in [0, 0.05) is 38.6 Å². The first-order chi connectivity index (χ1) is 11.1. The standard InChI is InChI=1S/C18H30N4O/c1-15-7-12-21(13-8-15)14-9-19-18(23)22-11-4-6-17(22)16-5-3-10-20(16)2/h3,5,10,15,17H,4,6-9,11-14H2,1-2H3,(H,19,23). The summed E-state index contributed by atoms with van der Waals surface area (Å²) < 4.78 is 2.13. The van der Waals surface area contributed by atoms with Gasteiger partial charge in [-0.15, -0.1) is 0 Å². The third-order valence-electron chi connectivity index (χ3n) is 5.42. The van der Waals surface area contributed by atoms with Crippen molar-refractivity contribution in [2.75, 3.05) is 32.7 Å². The second-order valence-corrected chi connectivity index (χ2v) is 7.15. The van der Waals surface area contributed by atoms with Gasteiger partial charge >= 0.3 is 6.03 Å². The fraction of sp³-hybridized carbons (Fsp3) is 0.722. The van der Waals surface area contributed by atoms with Gasteiger partial charge in [0.2, 0.25) is 0 Å². The molecule has 1 atom stereocenters. The van der Waals surface area contributed by atoms with Crippen LogP contribution < -0.4 is 5.32 Å². The quantitative estimate of drug-likeness (QED) is 0.927. The molecule has 1 aromatic heterocycles. The van der Waals surface area contributed by atoms with Crippen molar-refractivity contribution in [3.63, 3.8) is 0 Å². The summed E-state index contributed by atoms with van der Waals surface area (Å²) in [5.41, 5.74) is 1.24.